The Kier molecular flexibility index (Phi) is 5.50. The summed E-state index contributed by atoms with van der Waals surface area (Å²) >= 11 is 0. The molecule has 0 aliphatic carbocycles. The number of phenolic OH excluding ortho intramolecular Hbond substituents is 1. The van der Waals surface area contributed by atoms with Gasteiger partial charge in [-0.2, -0.15) is 0 Å². The minimum absolute atomic E-state index is 0.0700. The molecule has 0 unspecified atom stereocenters. The predicted octanol–water partition coefficient (Wildman–Crippen LogP) is 1.98. The van der Waals surface area contributed by atoms with Crippen molar-refractivity contribution in [3.63, 3.8) is 0 Å². The van der Waals surface area contributed by atoms with E-state index in [0.29, 0.717) is 5.69 Å². The second kappa shape index (κ2) is 6.66. The van der Waals surface area contributed by atoms with Gasteiger partial charge in [-0.1, -0.05) is 6.07 Å². The number of benzene rings is 1. The first-order valence-corrected chi connectivity index (χ1v) is 6.25. The smallest absolute Gasteiger partial charge is 0.494 e. The second-order valence-corrected chi connectivity index (χ2v) is 4.73. The number of phenols is 1. The molecule has 0 heterocycles. The van der Waals surface area contributed by atoms with E-state index in [2.05, 4.69) is 5.32 Å². The summed E-state index contributed by atoms with van der Waals surface area (Å²) in [4.78, 5) is 0. The standard InChI is InChI=1S/C13H22BNO3/c1-9(2)17-14(18-10(3)4)11-6-7-13(16)12(8-11)15-5/h6-10,15-16H,1-5H3. The molecule has 100 valence electrons. The fourth-order valence-corrected chi connectivity index (χ4v) is 1.58. The highest BCUT2D eigenvalue weighted by atomic mass is 16.6. The highest BCUT2D eigenvalue weighted by molar-refractivity contribution is 6.61. The van der Waals surface area contributed by atoms with Gasteiger partial charge < -0.3 is 19.7 Å². The van der Waals surface area contributed by atoms with Crippen molar-refractivity contribution >= 4 is 18.3 Å². The lowest BCUT2D eigenvalue weighted by atomic mass is 9.78. The van der Waals surface area contributed by atoms with E-state index >= 15 is 0 Å². The summed E-state index contributed by atoms with van der Waals surface area (Å²) in [6, 6.07) is 5.29. The maximum Gasteiger partial charge on any atom is 0.494 e. The number of aromatic hydroxyl groups is 1. The van der Waals surface area contributed by atoms with E-state index in [4.69, 9.17) is 9.31 Å². The molecule has 0 aliphatic heterocycles. The largest absolute Gasteiger partial charge is 0.506 e. The summed E-state index contributed by atoms with van der Waals surface area (Å²) in [5, 5.41) is 12.6. The fraction of sp³-hybridized carbons (Fsp3) is 0.538. The van der Waals surface area contributed by atoms with E-state index in [1.807, 2.05) is 39.8 Å². The summed E-state index contributed by atoms with van der Waals surface area (Å²) in [6.45, 7) is 7.87. The van der Waals surface area contributed by atoms with Crippen molar-refractivity contribution in [2.24, 2.45) is 0 Å². The van der Waals surface area contributed by atoms with Crippen LogP contribution >= 0.6 is 0 Å². The van der Waals surface area contributed by atoms with Crippen LogP contribution in [0.2, 0.25) is 0 Å². The van der Waals surface area contributed by atoms with Crippen LogP contribution in [0.5, 0.6) is 5.75 Å². The molecular formula is C13H22BNO3. The van der Waals surface area contributed by atoms with E-state index in [0.717, 1.165) is 5.46 Å². The van der Waals surface area contributed by atoms with Crippen LogP contribution in [0.25, 0.3) is 0 Å². The Morgan fingerprint density at radius 1 is 1.11 bits per heavy atom. The quantitative estimate of drug-likeness (QED) is 0.599. The summed E-state index contributed by atoms with van der Waals surface area (Å²) in [6.07, 6.45) is 0.140. The molecule has 1 aromatic rings. The second-order valence-electron chi connectivity index (χ2n) is 4.73. The van der Waals surface area contributed by atoms with Crippen LogP contribution in [0.15, 0.2) is 18.2 Å². The van der Waals surface area contributed by atoms with Crippen LogP contribution in [0.1, 0.15) is 27.7 Å². The number of nitrogens with one attached hydrogen (secondary N) is 1. The van der Waals surface area contributed by atoms with E-state index < -0.39 is 7.12 Å². The van der Waals surface area contributed by atoms with Crippen LogP contribution in [0, 0.1) is 0 Å². The van der Waals surface area contributed by atoms with Crippen LogP contribution < -0.4 is 10.8 Å². The monoisotopic (exact) mass is 251 g/mol. The van der Waals surface area contributed by atoms with Crippen molar-refractivity contribution in [1.82, 2.24) is 0 Å². The van der Waals surface area contributed by atoms with E-state index in [1.54, 1.807) is 13.1 Å². The zero-order valence-corrected chi connectivity index (χ0v) is 11.7. The zero-order chi connectivity index (χ0) is 13.7. The Labute approximate surface area is 109 Å². The average molecular weight is 251 g/mol. The summed E-state index contributed by atoms with van der Waals surface area (Å²) < 4.78 is 11.5. The van der Waals surface area contributed by atoms with Gasteiger partial charge in [0.1, 0.15) is 5.75 Å². The lowest BCUT2D eigenvalue weighted by molar-refractivity contribution is 0.139. The minimum atomic E-state index is -0.419. The lowest BCUT2D eigenvalue weighted by Crippen LogP contribution is -2.40. The van der Waals surface area contributed by atoms with Crippen molar-refractivity contribution in [1.29, 1.82) is 0 Å². The molecule has 0 atom stereocenters. The molecule has 4 nitrogen and oxygen atoms in total. The van der Waals surface area contributed by atoms with Crippen LogP contribution in [0.3, 0.4) is 0 Å². The van der Waals surface area contributed by atoms with Gasteiger partial charge in [0.05, 0.1) is 5.69 Å². The van der Waals surface area contributed by atoms with Crippen molar-refractivity contribution in [3.05, 3.63) is 18.2 Å². The van der Waals surface area contributed by atoms with Gasteiger partial charge in [0.2, 0.25) is 0 Å². The van der Waals surface area contributed by atoms with Gasteiger partial charge in [-0.05, 0) is 45.3 Å². The molecule has 0 aromatic heterocycles. The molecule has 1 aromatic carbocycles. The number of hydrogen-bond donors (Lipinski definition) is 2. The molecule has 0 saturated heterocycles. The Bertz CT molecular complexity index is 372. The maximum atomic E-state index is 9.64. The lowest BCUT2D eigenvalue weighted by Gasteiger charge is -2.20. The molecule has 0 saturated carbocycles. The Morgan fingerprint density at radius 3 is 2.11 bits per heavy atom. The van der Waals surface area contributed by atoms with E-state index in [1.165, 1.54) is 0 Å². The van der Waals surface area contributed by atoms with Gasteiger partial charge >= 0.3 is 7.12 Å². The van der Waals surface area contributed by atoms with Crippen molar-refractivity contribution < 1.29 is 14.4 Å². The Morgan fingerprint density at radius 2 is 1.67 bits per heavy atom. The highest BCUT2D eigenvalue weighted by Gasteiger charge is 2.24. The van der Waals surface area contributed by atoms with E-state index in [-0.39, 0.29) is 18.0 Å². The van der Waals surface area contributed by atoms with Crippen molar-refractivity contribution in [2.75, 3.05) is 12.4 Å². The third kappa shape index (κ3) is 4.24. The van der Waals surface area contributed by atoms with E-state index in [9.17, 15) is 5.11 Å². The summed E-state index contributed by atoms with van der Waals surface area (Å²) in [5.74, 6) is 0.217. The molecule has 0 amide bonds. The molecule has 0 radical (unpaired) electrons. The summed E-state index contributed by atoms with van der Waals surface area (Å²) in [7, 11) is 1.35. The van der Waals surface area contributed by atoms with Crippen molar-refractivity contribution in [2.45, 2.75) is 39.9 Å². The third-order valence-electron chi connectivity index (χ3n) is 2.35. The molecule has 0 aliphatic rings. The van der Waals surface area contributed by atoms with Crippen LogP contribution in [-0.4, -0.2) is 31.5 Å². The van der Waals surface area contributed by atoms with Gasteiger partial charge in [-0.15, -0.1) is 0 Å². The first kappa shape index (κ1) is 14.9. The van der Waals surface area contributed by atoms with Crippen LogP contribution in [-0.2, 0) is 9.31 Å². The SMILES string of the molecule is CNc1cc(B(OC(C)C)OC(C)C)ccc1O. The number of anilines is 1. The average Bonchev–Trinajstić information content (AvgIpc) is 2.27. The Hall–Kier alpha value is -1.20. The molecule has 2 N–H and O–H groups in total. The fourth-order valence-electron chi connectivity index (χ4n) is 1.58. The highest BCUT2D eigenvalue weighted by Crippen LogP contribution is 2.20. The maximum absolute atomic E-state index is 9.64. The number of hydrogen-bond acceptors (Lipinski definition) is 4. The molecule has 18 heavy (non-hydrogen) atoms. The van der Waals surface area contributed by atoms with Crippen molar-refractivity contribution in [3.8, 4) is 5.75 Å². The third-order valence-corrected chi connectivity index (χ3v) is 2.35. The summed E-state index contributed by atoms with van der Waals surface area (Å²) in [5.41, 5.74) is 1.55. The normalized spacial score (nSPS) is 11.1. The van der Waals surface area contributed by atoms with Gasteiger partial charge in [0, 0.05) is 19.3 Å². The molecular weight excluding hydrogens is 229 g/mol. The van der Waals surface area contributed by atoms with Gasteiger partial charge in [-0.3, -0.25) is 0 Å². The molecule has 0 bridgehead atoms. The minimum Gasteiger partial charge on any atom is -0.506 e. The Balaban J connectivity index is 2.96. The zero-order valence-electron chi connectivity index (χ0n) is 11.7. The molecule has 5 heteroatoms. The molecule has 1 rings (SSSR count). The van der Waals surface area contributed by atoms with Crippen LogP contribution in [0.4, 0.5) is 5.69 Å². The first-order valence-electron chi connectivity index (χ1n) is 6.25. The molecule has 0 fully saturated rings. The topological polar surface area (TPSA) is 50.7 Å². The number of rotatable bonds is 6. The predicted molar refractivity (Wildman–Crippen MR) is 75.5 cm³/mol. The van der Waals surface area contributed by atoms with Gasteiger partial charge in [0.25, 0.3) is 0 Å². The van der Waals surface area contributed by atoms with Gasteiger partial charge in [0.15, 0.2) is 0 Å². The first-order chi connectivity index (χ1) is 8.43. The molecule has 0 spiro atoms. The van der Waals surface area contributed by atoms with Gasteiger partial charge in [-0.25, -0.2) is 0 Å².